The second-order valence-corrected chi connectivity index (χ2v) is 3.29. The number of H-pyrrole nitrogens is 1. The normalized spacial score (nSPS) is 10.5. The second kappa shape index (κ2) is 3.27. The Morgan fingerprint density at radius 1 is 1.47 bits per heavy atom. The quantitative estimate of drug-likeness (QED) is 0.787. The molecule has 0 amide bonds. The molecular formula is C10H10N2O3. The van der Waals surface area contributed by atoms with Crippen LogP contribution in [0.15, 0.2) is 16.7 Å². The first-order valence-corrected chi connectivity index (χ1v) is 4.45. The van der Waals surface area contributed by atoms with Gasteiger partial charge in [-0.05, 0) is 26.0 Å². The zero-order valence-corrected chi connectivity index (χ0v) is 8.37. The second-order valence-electron chi connectivity index (χ2n) is 3.29. The monoisotopic (exact) mass is 206 g/mol. The lowest BCUT2D eigenvalue weighted by atomic mass is 10.1. The molecule has 5 heteroatoms. The number of aromatic carboxylic acids is 1. The van der Waals surface area contributed by atoms with E-state index in [1.807, 2.05) is 6.92 Å². The Kier molecular flexibility index (Phi) is 2.07. The van der Waals surface area contributed by atoms with Gasteiger partial charge >= 0.3 is 5.97 Å². The lowest BCUT2D eigenvalue weighted by Crippen LogP contribution is -1.95. The molecule has 0 aliphatic rings. The summed E-state index contributed by atoms with van der Waals surface area (Å²) < 4.78 is 5.00. The fraction of sp³-hybridized carbons (Fsp3) is 0.200. The Hall–Kier alpha value is -2.04. The summed E-state index contributed by atoms with van der Waals surface area (Å²) >= 11 is 0. The van der Waals surface area contributed by atoms with E-state index in [0.717, 1.165) is 11.3 Å². The van der Waals surface area contributed by atoms with Crippen LogP contribution < -0.4 is 0 Å². The van der Waals surface area contributed by atoms with Crippen molar-refractivity contribution < 1.29 is 14.4 Å². The number of hydrogen-bond donors (Lipinski definition) is 2. The van der Waals surface area contributed by atoms with Gasteiger partial charge in [-0.2, -0.15) is 0 Å². The van der Waals surface area contributed by atoms with Gasteiger partial charge in [-0.15, -0.1) is 0 Å². The number of nitrogens with one attached hydrogen (secondary N) is 1. The first-order chi connectivity index (χ1) is 7.09. The minimum atomic E-state index is -0.979. The van der Waals surface area contributed by atoms with Gasteiger partial charge in [0.25, 0.3) is 0 Å². The Bertz CT molecular complexity index is 491. The van der Waals surface area contributed by atoms with E-state index in [1.54, 1.807) is 13.0 Å². The van der Waals surface area contributed by atoms with E-state index in [0.29, 0.717) is 11.5 Å². The number of hydrogen-bond acceptors (Lipinski definition) is 3. The fourth-order valence-corrected chi connectivity index (χ4v) is 1.53. The van der Waals surface area contributed by atoms with Crippen LogP contribution in [0.5, 0.6) is 0 Å². The minimum absolute atomic E-state index is 0.157. The third-order valence-electron chi connectivity index (χ3n) is 2.22. The van der Waals surface area contributed by atoms with Crippen LogP contribution in [0.3, 0.4) is 0 Å². The highest BCUT2D eigenvalue weighted by atomic mass is 16.5. The van der Waals surface area contributed by atoms with Gasteiger partial charge in [-0.1, -0.05) is 5.16 Å². The summed E-state index contributed by atoms with van der Waals surface area (Å²) in [4.78, 5) is 13.5. The molecule has 0 saturated heterocycles. The molecule has 0 aliphatic carbocycles. The SMILES string of the molecule is Cc1noc(C)c1-c1ccc(C(=O)O)[nH]1. The van der Waals surface area contributed by atoms with E-state index >= 15 is 0 Å². The summed E-state index contributed by atoms with van der Waals surface area (Å²) in [6, 6.07) is 3.22. The van der Waals surface area contributed by atoms with Crippen LogP contribution >= 0.6 is 0 Å². The van der Waals surface area contributed by atoms with Gasteiger partial charge < -0.3 is 14.6 Å². The number of aromatic amines is 1. The molecule has 0 atom stereocenters. The number of aromatic nitrogens is 2. The van der Waals surface area contributed by atoms with Crippen molar-refractivity contribution in [2.45, 2.75) is 13.8 Å². The average Bonchev–Trinajstić information content (AvgIpc) is 2.73. The standard InChI is InChI=1S/C10H10N2O3/c1-5-9(6(2)15-12-5)7-3-4-8(11-7)10(13)14/h3-4,11H,1-2H3,(H,13,14). The first kappa shape index (κ1) is 9.51. The molecule has 2 aromatic rings. The molecule has 15 heavy (non-hydrogen) atoms. The molecule has 0 aliphatic heterocycles. The van der Waals surface area contributed by atoms with Crippen LogP contribution in [0, 0.1) is 13.8 Å². The van der Waals surface area contributed by atoms with E-state index in [9.17, 15) is 4.79 Å². The molecule has 0 spiro atoms. The van der Waals surface area contributed by atoms with E-state index in [2.05, 4.69) is 10.1 Å². The number of nitrogens with zero attached hydrogens (tertiary/aromatic N) is 1. The highest BCUT2D eigenvalue weighted by Gasteiger charge is 2.14. The molecule has 0 aromatic carbocycles. The topological polar surface area (TPSA) is 79.1 Å². The lowest BCUT2D eigenvalue weighted by molar-refractivity contribution is 0.0691. The van der Waals surface area contributed by atoms with Gasteiger partial charge in [0, 0.05) is 0 Å². The maximum Gasteiger partial charge on any atom is 0.352 e. The Labute approximate surface area is 85.7 Å². The van der Waals surface area contributed by atoms with Crippen molar-refractivity contribution in [3.8, 4) is 11.3 Å². The van der Waals surface area contributed by atoms with E-state index < -0.39 is 5.97 Å². The van der Waals surface area contributed by atoms with Crippen LogP contribution in [0.25, 0.3) is 11.3 Å². The zero-order valence-electron chi connectivity index (χ0n) is 8.37. The number of carbonyl (C=O) groups is 1. The number of rotatable bonds is 2. The van der Waals surface area contributed by atoms with Gasteiger partial charge in [0.1, 0.15) is 11.5 Å². The van der Waals surface area contributed by atoms with Gasteiger partial charge in [-0.25, -0.2) is 4.79 Å². The Balaban J connectivity index is 2.50. The smallest absolute Gasteiger partial charge is 0.352 e. The van der Waals surface area contributed by atoms with E-state index in [4.69, 9.17) is 9.63 Å². The van der Waals surface area contributed by atoms with Crippen molar-refractivity contribution in [2.75, 3.05) is 0 Å². The van der Waals surface area contributed by atoms with Gasteiger partial charge in [0.05, 0.1) is 17.0 Å². The summed E-state index contributed by atoms with van der Waals surface area (Å²) in [6.45, 7) is 3.60. The molecule has 0 saturated carbocycles. The van der Waals surface area contributed by atoms with Crippen molar-refractivity contribution in [3.05, 3.63) is 29.3 Å². The summed E-state index contributed by atoms with van der Waals surface area (Å²) in [6.07, 6.45) is 0. The zero-order chi connectivity index (χ0) is 11.0. The largest absolute Gasteiger partial charge is 0.477 e. The van der Waals surface area contributed by atoms with Gasteiger partial charge in [0.2, 0.25) is 0 Å². The average molecular weight is 206 g/mol. The van der Waals surface area contributed by atoms with Crippen LogP contribution in [-0.4, -0.2) is 21.2 Å². The van der Waals surface area contributed by atoms with Gasteiger partial charge in [-0.3, -0.25) is 0 Å². The van der Waals surface area contributed by atoms with Crippen LogP contribution in [0.2, 0.25) is 0 Å². The Morgan fingerprint density at radius 3 is 2.67 bits per heavy atom. The summed E-state index contributed by atoms with van der Waals surface area (Å²) in [5.41, 5.74) is 2.43. The fourth-order valence-electron chi connectivity index (χ4n) is 1.53. The number of carboxylic acids is 1. The van der Waals surface area contributed by atoms with Gasteiger partial charge in [0.15, 0.2) is 0 Å². The molecule has 78 valence electrons. The van der Waals surface area contributed by atoms with E-state index in [1.165, 1.54) is 6.07 Å². The Morgan fingerprint density at radius 2 is 2.20 bits per heavy atom. The molecule has 2 aromatic heterocycles. The molecule has 2 rings (SSSR count). The first-order valence-electron chi connectivity index (χ1n) is 4.45. The third kappa shape index (κ3) is 1.52. The van der Waals surface area contributed by atoms with Crippen molar-refractivity contribution in [2.24, 2.45) is 0 Å². The van der Waals surface area contributed by atoms with Crippen LogP contribution in [-0.2, 0) is 0 Å². The van der Waals surface area contributed by atoms with Crippen molar-refractivity contribution in [1.82, 2.24) is 10.1 Å². The lowest BCUT2D eigenvalue weighted by Gasteiger charge is -1.94. The maximum atomic E-state index is 10.7. The molecule has 0 bridgehead atoms. The molecule has 5 nitrogen and oxygen atoms in total. The van der Waals surface area contributed by atoms with Crippen molar-refractivity contribution >= 4 is 5.97 Å². The minimum Gasteiger partial charge on any atom is -0.477 e. The summed E-state index contributed by atoms with van der Waals surface area (Å²) in [7, 11) is 0. The molecule has 0 fully saturated rings. The van der Waals surface area contributed by atoms with Crippen LogP contribution in [0.1, 0.15) is 21.9 Å². The predicted molar refractivity (Wildman–Crippen MR) is 52.7 cm³/mol. The predicted octanol–water partition coefficient (Wildman–Crippen LogP) is 1.98. The van der Waals surface area contributed by atoms with E-state index in [-0.39, 0.29) is 5.69 Å². The highest BCUT2D eigenvalue weighted by molar-refractivity contribution is 5.87. The summed E-state index contributed by atoms with van der Waals surface area (Å²) in [5, 5.41) is 12.6. The van der Waals surface area contributed by atoms with Crippen molar-refractivity contribution in [1.29, 1.82) is 0 Å². The summed E-state index contributed by atoms with van der Waals surface area (Å²) in [5.74, 6) is -0.306. The molecular weight excluding hydrogens is 196 g/mol. The maximum absolute atomic E-state index is 10.7. The molecule has 2 heterocycles. The van der Waals surface area contributed by atoms with Crippen molar-refractivity contribution in [3.63, 3.8) is 0 Å². The number of aryl methyl sites for hydroxylation is 2. The third-order valence-corrected chi connectivity index (χ3v) is 2.22. The molecule has 2 N–H and O–H groups in total. The molecule has 0 unspecified atom stereocenters. The highest BCUT2D eigenvalue weighted by Crippen LogP contribution is 2.25. The van der Waals surface area contributed by atoms with Crippen LogP contribution in [0.4, 0.5) is 0 Å². The molecule has 0 radical (unpaired) electrons. The number of carboxylic acid groups (broad SMARTS) is 1.